The Balaban J connectivity index is 1.91. The van der Waals surface area contributed by atoms with Crippen molar-refractivity contribution in [1.29, 1.82) is 5.26 Å². The van der Waals surface area contributed by atoms with E-state index in [4.69, 9.17) is 9.68 Å². The van der Waals surface area contributed by atoms with Crippen molar-refractivity contribution in [2.45, 2.75) is 6.92 Å². The molecule has 0 bridgehead atoms. The average molecular weight is 261 g/mol. The zero-order valence-electron chi connectivity index (χ0n) is 10.9. The lowest BCUT2D eigenvalue weighted by molar-refractivity contribution is 0.546. The van der Waals surface area contributed by atoms with E-state index in [1.54, 1.807) is 24.5 Å². The van der Waals surface area contributed by atoms with Crippen LogP contribution in [0.15, 0.2) is 53.2 Å². The van der Waals surface area contributed by atoms with Crippen molar-refractivity contribution in [3.8, 4) is 28.8 Å². The lowest BCUT2D eigenvalue weighted by Gasteiger charge is -2.01. The van der Waals surface area contributed by atoms with Crippen molar-refractivity contribution in [3.05, 3.63) is 60.1 Å². The topological polar surface area (TPSA) is 62.7 Å². The molecule has 0 N–H and O–H groups in total. The zero-order valence-corrected chi connectivity index (χ0v) is 10.9. The van der Waals surface area contributed by atoms with Gasteiger partial charge in [0, 0.05) is 5.56 Å². The van der Waals surface area contributed by atoms with Crippen LogP contribution < -0.4 is 0 Å². The third kappa shape index (κ3) is 2.29. The highest BCUT2D eigenvalue weighted by molar-refractivity contribution is 5.61. The standard InChI is InChI=1S/C16H11N3O/c1-11-2-7-16(20-11)15-10-18-14(9-19-15)13-5-3-12(8-17)4-6-13/h2-7,9-10H,1H3. The summed E-state index contributed by atoms with van der Waals surface area (Å²) in [6, 6.07) is 13.1. The first kappa shape index (κ1) is 12.1. The fourth-order valence-electron chi connectivity index (χ4n) is 1.89. The Morgan fingerprint density at radius 3 is 2.20 bits per heavy atom. The second kappa shape index (κ2) is 4.98. The summed E-state index contributed by atoms with van der Waals surface area (Å²) in [6.45, 7) is 1.89. The zero-order chi connectivity index (χ0) is 13.9. The fraction of sp³-hybridized carbons (Fsp3) is 0.0625. The summed E-state index contributed by atoms with van der Waals surface area (Å²) >= 11 is 0. The Morgan fingerprint density at radius 1 is 0.950 bits per heavy atom. The number of hydrogen-bond donors (Lipinski definition) is 0. The predicted molar refractivity (Wildman–Crippen MR) is 74.6 cm³/mol. The van der Waals surface area contributed by atoms with Gasteiger partial charge in [-0.05, 0) is 31.2 Å². The van der Waals surface area contributed by atoms with E-state index < -0.39 is 0 Å². The van der Waals surface area contributed by atoms with Crippen molar-refractivity contribution < 1.29 is 4.42 Å². The Morgan fingerprint density at radius 2 is 1.65 bits per heavy atom. The molecule has 20 heavy (non-hydrogen) atoms. The molecule has 0 amide bonds. The second-order valence-electron chi connectivity index (χ2n) is 4.39. The molecule has 4 heteroatoms. The number of aromatic nitrogens is 2. The molecule has 0 unspecified atom stereocenters. The normalized spacial score (nSPS) is 10.2. The first-order valence-corrected chi connectivity index (χ1v) is 6.15. The number of furan rings is 1. The van der Waals surface area contributed by atoms with Crippen LogP contribution >= 0.6 is 0 Å². The molecule has 3 rings (SSSR count). The van der Waals surface area contributed by atoms with Gasteiger partial charge in [-0.15, -0.1) is 0 Å². The SMILES string of the molecule is Cc1ccc(-c2cnc(-c3ccc(C#N)cc3)cn2)o1. The molecule has 0 aliphatic carbocycles. The molecule has 0 atom stereocenters. The number of nitrogens with zero attached hydrogens (tertiary/aromatic N) is 3. The minimum atomic E-state index is 0.629. The number of hydrogen-bond acceptors (Lipinski definition) is 4. The maximum absolute atomic E-state index is 8.78. The molecule has 0 aliphatic rings. The van der Waals surface area contributed by atoms with Gasteiger partial charge >= 0.3 is 0 Å². The maximum atomic E-state index is 8.78. The first-order chi connectivity index (χ1) is 9.76. The first-order valence-electron chi connectivity index (χ1n) is 6.15. The summed E-state index contributed by atoms with van der Waals surface area (Å²) in [5.41, 5.74) is 3.03. The molecule has 1 aromatic carbocycles. The van der Waals surface area contributed by atoms with Gasteiger partial charge in [0.2, 0.25) is 0 Å². The molecule has 0 spiro atoms. The highest BCUT2D eigenvalue weighted by atomic mass is 16.3. The lowest BCUT2D eigenvalue weighted by Crippen LogP contribution is -1.88. The predicted octanol–water partition coefficient (Wildman–Crippen LogP) is 3.58. The van der Waals surface area contributed by atoms with Crippen molar-refractivity contribution >= 4 is 0 Å². The van der Waals surface area contributed by atoms with Gasteiger partial charge in [-0.1, -0.05) is 12.1 Å². The van der Waals surface area contributed by atoms with Gasteiger partial charge in [0.1, 0.15) is 11.5 Å². The van der Waals surface area contributed by atoms with Crippen molar-refractivity contribution in [2.24, 2.45) is 0 Å². The summed E-state index contributed by atoms with van der Waals surface area (Å²) in [6.07, 6.45) is 3.39. The van der Waals surface area contributed by atoms with Crippen LogP contribution in [-0.2, 0) is 0 Å². The quantitative estimate of drug-likeness (QED) is 0.707. The van der Waals surface area contributed by atoms with Gasteiger partial charge in [0.05, 0.1) is 29.7 Å². The number of aryl methyl sites for hydroxylation is 1. The van der Waals surface area contributed by atoms with E-state index in [-0.39, 0.29) is 0 Å². The molecule has 3 aromatic rings. The number of benzene rings is 1. The summed E-state index contributed by atoms with van der Waals surface area (Å²) in [4.78, 5) is 8.74. The second-order valence-corrected chi connectivity index (χ2v) is 4.39. The van der Waals surface area contributed by atoms with E-state index in [1.165, 1.54) is 0 Å². The highest BCUT2D eigenvalue weighted by Gasteiger charge is 2.06. The van der Waals surface area contributed by atoms with Gasteiger partial charge in [0.15, 0.2) is 5.76 Å². The van der Waals surface area contributed by atoms with Gasteiger partial charge in [-0.3, -0.25) is 4.98 Å². The third-order valence-corrected chi connectivity index (χ3v) is 2.95. The molecule has 0 radical (unpaired) electrons. The van der Waals surface area contributed by atoms with Gasteiger partial charge < -0.3 is 4.42 Å². The molecular formula is C16H11N3O. The molecule has 2 heterocycles. The van der Waals surface area contributed by atoms with E-state index in [9.17, 15) is 0 Å². The van der Waals surface area contributed by atoms with E-state index in [1.807, 2.05) is 31.2 Å². The largest absolute Gasteiger partial charge is 0.460 e. The summed E-state index contributed by atoms with van der Waals surface area (Å²) in [7, 11) is 0. The molecule has 0 saturated carbocycles. The molecule has 2 aromatic heterocycles. The van der Waals surface area contributed by atoms with E-state index in [2.05, 4.69) is 16.0 Å². The van der Waals surface area contributed by atoms with E-state index >= 15 is 0 Å². The van der Waals surface area contributed by atoms with Crippen LogP contribution in [0.4, 0.5) is 0 Å². The van der Waals surface area contributed by atoms with Crippen molar-refractivity contribution in [1.82, 2.24) is 9.97 Å². The van der Waals surface area contributed by atoms with Crippen LogP contribution in [0.5, 0.6) is 0 Å². The summed E-state index contributed by atoms with van der Waals surface area (Å²) in [5, 5.41) is 8.78. The van der Waals surface area contributed by atoms with Crippen molar-refractivity contribution in [2.75, 3.05) is 0 Å². The van der Waals surface area contributed by atoms with Crippen LogP contribution in [0.3, 0.4) is 0 Å². The number of rotatable bonds is 2. The molecular weight excluding hydrogens is 250 g/mol. The van der Waals surface area contributed by atoms with Gasteiger partial charge in [0.25, 0.3) is 0 Å². The van der Waals surface area contributed by atoms with E-state index in [0.29, 0.717) is 17.0 Å². The van der Waals surface area contributed by atoms with E-state index in [0.717, 1.165) is 17.0 Å². The Kier molecular flexibility index (Phi) is 3.02. The molecule has 96 valence electrons. The minimum absolute atomic E-state index is 0.629. The smallest absolute Gasteiger partial charge is 0.154 e. The Bertz CT molecular complexity index is 765. The Hall–Kier alpha value is -2.93. The summed E-state index contributed by atoms with van der Waals surface area (Å²) in [5.74, 6) is 1.55. The van der Waals surface area contributed by atoms with Crippen LogP contribution in [-0.4, -0.2) is 9.97 Å². The van der Waals surface area contributed by atoms with Gasteiger partial charge in [-0.25, -0.2) is 4.98 Å². The highest BCUT2D eigenvalue weighted by Crippen LogP contribution is 2.21. The number of nitriles is 1. The molecule has 0 aliphatic heterocycles. The summed E-state index contributed by atoms with van der Waals surface area (Å²) < 4.78 is 5.51. The van der Waals surface area contributed by atoms with Crippen LogP contribution in [0.2, 0.25) is 0 Å². The third-order valence-electron chi connectivity index (χ3n) is 2.95. The molecule has 0 saturated heterocycles. The monoisotopic (exact) mass is 261 g/mol. The van der Waals surface area contributed by atoms with Crippen molar-refractivity contribution in [3.63, 3.8) is 0 Å². The fourth-order valence-corrected chi connectivity index (χ4v) is 1.89. The average Bonchev–Trinajstić information content (AvgIpc) is 2.94. The van der Waals surface area contributed by atoms with Crippen LogP contribution in [0.25, 0.3) is 22.7 Å². The molecule has 0 fully saturated rings. The molecule has 4 nitrogen and oxygen atoms in total. The van der Waals surface area contributed by atoms with Gasteiger partial charge in [-0.2, -0.15) is 5.26 Å². The van der Waals surface area contributed by atoms with Crippen LogP contribution in [0.1, 0.15) is 11.3 Å². The maximum Gasteiger partial charge on any atom is 0.154 e. The Labute approximate surface area is 116 Å². The van der Waals surface area contributed by atoms with Crippen LogP contribution in [0, 0.1) is 18.3 Å². The lowest BCUT2D eigenvalue weighted by atomic mass is 10.1. The minimum Gasteiger partial charge on any atom is -0.460 e.